The minimum Gasteiger partial charge on any atom is -0.492 e. The van der Waals surface area contributed by atoms with Crippen LogP contribution in [0.25, 0.3) is 0 Å². The SMILES string of the molecule is COC(=O)c1cccc(OCCNC(=O)[C@H]2C[C@H](N)[C@@H](O)C2)c1.Cl. The van der Waals surface area contributed by atoms with Gasteiger partial charge in [0, 0.05) is 12.0 Å². The number of carbonyl (C=O) groups excluding carboxylic acids is 2. The number of nitrogens with one attached hydrogen (secondary N) is 1. The third-order valence-corrected chi connectivity index (χ3v) is 3.87. The molecule has 0 spiro atoms. The van der Waals surface area contributed by atoms with E-state index in [-0.39, 0.29) is 36.9 Å². The molecule has 4 N–H and O–H groups in total. The number of hydrogen-bond acceptors (Lipinski definition) is 6. The third-order valence-electron chi connectivity index (χ3n) is 3.87. The lowest BCUT2D eigenvalue weighted by atomic mass is 10.1. The van der Waals surface area contributed by atoms with Crippen molar-refractivity contribution >= 4 is 24.3 Å². The smallest absolute Gasteiger partial charge is 0.337 e. The van der Waals surface area contributed by atoms with Crippen LogP contribution in [0, 0.1) is 5.92 Å². The van der Waals surface area contributed by atoms with Crippen molar-refractivity contribution < 1.29 is 24.2 Å². The van der Waals surface area contributed by atoms with Gasteiger partial charge in [-0.05, 0) is 31.0 Å². The van der Waals surface area contributed by atoms with E-state index in [0.29, 0.717) is 30.7 Å². The number of benzene rings is 1. The molecule has 0 aromatic heterocycles. The number of aliphatic hydroxyl groups excluding tert-OH is 1. The summed E-state index contributed by atoms with van der Waals surface area (Å²) < 4.78 is 10.1. The highest BCUT2D eigenvalue weighted by Gasteiger charge is 2.34. The van der Waals surface area contributed by atoms with Gasteiger partial charge in [-0.25, -0.2) is 4.79 Å². The van der Waals surface area contributed by atoms with E-state index in [1.54, 1.807) is 24.3 Å². The molecule has 1 aliphatic rings. The van der Waals surface area contributed by atoms with Crippen LogP contribution in [-0.2, 0) is 9.53 Å². The molecular formula is C16H23ClN2O5. The Kier molecular flexibility index (Phi) is 7.97. The highest BCUT2D eigenvalue weighted by molar-refractivity contribution is 5.89. The molecule has 3 atom stereocenters. The molecule has 1 amide bonds. The van der Waals surface area contributed by atoms with Gasteiger partial charge in [0.2, 0.25) is 5.91 Å². The van der Waals surface area contributed by atoms with Gasteiger partial charge in [-0.3, -0.25) is 4.79 Å². The minimum atomic E-state index is -0.608. The van der Waals surface area contributed by atoms with Gasteiger partial charge in [-0.1, -0.05) is 6.07 Å². The van der Waals surface area contributed by atoms with Crippen LogP contribution in [0.5, 0.6) is 5.75 Å². The molecule has 2 rings (SSSR count). The van der Waals surface area contributed by atoms with E-state index in [9.17, 15) is 14.7 Å². The number of ether oxygens (including phenoxy) is 2. The number of nitrogens with two attached hydrogens (primary N) is 1. The van der Waals surface area contributed by atoms with Gasteiger partial charge in [0.25, 0.3) is 0 Å². The average molecular weight is 359 g/mol. The summed E-state index contributed by atoms with van der Waals surface area (Å²) in [5.41, 5.74) is 6.10. The van der Waals surface area contributed by atoms with Crippen molar-refractivity contribution in [2.45, 2.75) is 25.0 Å². The number of methoxy groups -OCH3 is 1. The van der Waals surface area contributed by atoms with Gasteiger partial charge in [0.05, 0.1) is 25.3 Å². The molecule has 0 bridgehead atoms. The maximum Gasteiger partial charge on any atom is 0.337 e. The molecule has 7 nitrogen and oxygen atoms in total. The molecule has 1 saturated carbocycles. The van der Waals surface area contributed by atoms with Crippen molar-refractivity contribution in [1.82, 2.24) is 5.32 Å². The fraction of sp³-hybridized carbons (Fsp3) is 0.500. The molecule has 8 heteroatoms. The molecule has 1 aromatic carbocycles. The summed E-state index contributed by atoms with van der Waals surface area (Å²) in [6.07, 6.45) is 0.285. The minimum absolute atomic E-state index is 0. The second-order valence-corrected chi connectivity index (χ2v) is 5.56. The highest BCUT2D eigenvalue weighted by atomic mass is 35.5. The van der Waals surface area contributed by atoms with Crippen molar-refractivity contribution in [2.24, 2.45) is 11.7 Å². The number of rotatable bonds is 6. The molecule has 1 fully saturated rings. The predicted molar refractivity (Wildman–Crippen MR) is 90.2 cm³/mol. The molecule has 24 heavy (non-hydrogen) atoms. The number of halogens is 1. The van der Waals surface area contributed by atoms with Crippen LogP contribution in [-0.4, -0.2) is 49.4 Å². The van der Waals surface area contributed by atoms with Crippen LogP contribution >= 0.6 is 12.4 Å². The lowest BCUT2D eigenvalue weighted by Gasteiger charge is -2.11. The van der Waals surface area contributed by atoms with E-state index >= 15 is 0 Å². The lowest BCUT2D eigenvalue weighted by molar-refractivity contribution is -0.125. The zero-order chi connectivity index (χ0) is 16.8. The number of esters is 1. The Morgan fingerprint density at radius 3 is 2.75 bits per heavy atom. The van der Waals surface area contributed by atoms with Gasteiger partial charge in [-0.15, -0.1) is 12.4 Å². The largest absolute Gasteiger partial charge is 0.492 e. The van der Waals surface area contributed by atoms with E-state index in [0.717, 1.165) is 0 Å². The first-order chi connectivity index (χ1) is 11.0. The van der Waals surface area contributed by atoms with Crippen LogP contribution in [0.15, 0.2) is 24.3 Å². The fourth-order valence-corrected chi connectivity index (χ4v) is 2.58. The molecule has 0 heterocycles. The van der Waals surface area contributed by atoms with Gasteiger partial charge < -0.3 is 25.6 Å². The van der Waals surface area contributed by atoms with Crippen LogP contribution in [0.1, 0.15) is 23.2 Å². The van der Waals surface area contributed by atoms with Crippen molar-refractivity contribution in [3.05, 3.63) is 29.8 Å². The quantitative estimate of drug-likeness (QED) is 0.504. The van der Waals surface area contributed by atoms with Gasteiger partial charge in [-0.2, -0.15) is 0 Å². The fourth-order valence-electron chi connectivity index (χ4n) is 2.58. The van der Waals surface area contributed by atoms with Gasteiger partial charge in [0.15, 0.2) is 0 Å². The summed E-state index contributed by atoms with van der Waals surface area (Å²) in [4.78, 5) is 23.4. The van der Waals surface area contributed by atoms with Crippen LogP contribution in [0.4, 0.5) is 0 Å². The number of carbonyl (C=O) groups is 2. The van der Waals surface area contributed by atoms with E-state index in [1.807, 2.05) is 0 Å². The summed E-state index contributed by atoms with van der Waals surface area (Å²) in [5, 5.41) is 12.3. The zero-order valence-corrected chi connectivity index (χ0v) is 14.3. The molecule has 1 aromatic rings. The number of amides is 1. The molecule has 134 valence electrons. The topological polar surface area (TPSA) is 111 Å². The molecule has 0 unspecified atom stereocenters. The van der Waals surface area contributed by atoms with Gasteiger partial charge >= 0.3 is 5.97 Å². The maximum atomic E-state index is 11.9. The molecule has 1 aliphatic carbocycles. The summed E-state index contributed by atoms with van der Waals surface area (Å²) in [6, 6.07) is 6.31. The Morgan fingerprint density at radius 2 is 2.12 bits per heavy atom. The van der Waals surface area contributed by atoms with Crippen molar-refractivity contribution in [1.29, 1.82) is 0 Å². The molecule has 0 radical (unpaired) electrons. The zero-order valence-electron chi connectivity index (χ0n) is 13.4. The summed E-state index contributed by atoms with van der Waals surface area (Å²) in [6.45, 7) is 0.612. The number of aliphatic hydroxyl groups is 1. The monoisotopic (exact) mass is 358 g/mol. The Balaban J connectivity index is 0.00000288. The van der Waals surface area contributed by atoms with Crippen LogP contribution < -0.4 is 15.8 Å². The average Bonchev–Trinajstić information content (AvgIpc) is 2.90. The summed E-state index contributed by atoms with van der Waals surface area (Å²) in [7, 11) is 1.32. The summed E-state index contributed by atoms with van der Waals surface area (Å²) in [5.74, 6) is -0.271. The first-order valence-electron chi connectivity index (χ1n) is 7.53. The lowest BCUT2D eigenvalue weighted by Crippen LogP contribution is -2.33. The van der Waals surface area contributed by atoms with Crippen molar-refractivity contribution in [3.63, 3.8) is 0 Å². The predicted octanol–water partition coefficient (Wildman–Crippen LogP) is 0.488. The van der Waals surface area contributed by atoms with Crippen LogP contribution in [0.3, 0.4) is 0 Å². The first kappa shape index (κ1) is 20.2. The Labute approximate surface area is 146 Å². The Hall–Kier alpha value is -1.83. The Bertz CT molecular complexity index is 559. The van der Waals surface area contributed by atoms with Crippen molar-refractivity contribution in [2.75, 3.05) is 20.3 Å². The Morgan fingerprint density at radius 1 is 1.38 bits per heavy atom. The van der Waals surface area contributed by atoms with E-state index in [4.69, 9.17) is 10.5 Å². The first-order valence-corrected chi connectivity index (χ1v) is 7.53. The van der Waals surface area contributed by atoms with E-state index in [2.05, 4.69) is 10.1 Å². The van der Waals surface area contributed by atoms with Crippen molar-refractivity contribution in [3.8, 4) is 5.75 Å². The normalized spacial score (nSPS) is 22.4. The third kappa shape index (κ3) is 5.36. The summed E-state index contributed by atoms with van der Waals surface area (Å²) >= 11 is 0. The number of hydrogen-bond donors (Lipinski definition) is 3. The molecule has 0 aliphatic heterocycles. The van der Waals surface area contributed by atoms with E-state index < -0.39 is 12.1 Å². The second-order valence-electron chi connectivity index (χ2n) is 5.56. The van der Waals surface area contributed by atoms with Gasteiger partial charge in [0.1, 0.15) is 12.4 Å². The van der Waals surface area contributed by atoms with E-state index in [1.165, 1.54) is 7.11 Å². The molecule has 0 saturated heterocycles. The van der Waals surface area contributed by atoms with Crippen LogP contribution in [0.2, 0.25) is 0 Å². The highest BCUT2D eigenvalue weighted by Crippen LogP contribution is 2.24. The molecular weight excluding hydrogens is 336 g/mol. The standard InChI is InChI=1S/C16H22N2O5.ClH/c1-22-16(21)10-3-2-4-12(7-10)23-6-5-18-15(20)11-8-13(17)14(19)9-11;/h2-4,7,11,13-14,19H,5-6,8-9,17H2,1H3,(H,18,20);1H/t11-,13-,14-;/m0./s1. The second kappa shape index (κ2) is 9.46. The maximum absolute atomic E-state index is 11.9.